The van der Waals surface area contributed by atoms with E-state index in [9.17, 15) is 13.2 Å². The Bertz CT molecular complexity index is 898. The summed E-state index contributed by atoms with van der Waals surface area (Å²) < 4.78 is 26.6. The van der Waals surface area contributed by atoms with Gasteiger partial charge in [-0.2, -0.15) is 4.31 Å². The highest BCUT2D eigenvalue weighted by Crippen LogP contribution is 2.26. The predicted octanol–water partition coefficient (Wildman–Crippen LogP) is 2.15. The molecule has 8 heteroatoms. The lowest BCUT2D eigenvalue weighted by molar-refractivity contribution is -0.120. The Balaban J connectivity index is 1.45. The number of nitrogens with one attached hydrogen (secondary N) is 1. The fraction of sp³-hybridized carbons (Fsp3) is 0.350. The Labute approximate surface area is 171 Å². The second kappa shape index (κ2) is 9.41. The van der Waals surface area contributed by atoms with Crippen LogP contribution in [-0.4, -0.2) is 57.1 Å². The van der Waals surface area contributed by atoms with E-state index in [2.05, 4.69) is 10.2 Å². The molecule has 0 aliphatic carbocycles. The van der Waals surface area contributed by atoms with Crippen molar-refractivity contribution in [3.63, 3.8) is 0 Å². The first-order chi connectivity index (χ1) is 13.5. The molecule has 2 aromatic carbocycles. The van der Waals surface area contributed by atoms with E-state index in [1.165, 1.54) is 4.31 Å². The third kappa shape index (κ3) is 5.47. The number of amides is 1. The normalized spacial score (nSPS) is 15.4. The Kier molecular flexibility index (Phi) is 6.93. The number of rotatable bonds is 7. The molecule has 1 aliphatic heterocycles. The van der Waals surface area contributed by atoms with Crippen LogP contribution in [0.15, 0.2) is 54.6 Å². The summed E-state index contributed by atoms with van der Waals surface area (Å²) in [4.78, 5) is 14.1. The molecule has 0 saturated carbocycles. The maximum Gasteiger partial charge on any atom is 0.224 e. The van der Waals surface area contributed by atoms with E-state index >= 15 is 0 Å². The van der Waals surface area contributed by atoms with Gasteiger partial charge in [0.2, 0.25) is 15.9 Å². The third-order valence-corrected chi connectivity index (χ3v) is 6.91. The summed E-state index contributed by atoms with van der Waals surface area (Å²) in [5.74, 6) is -0.274. The quantitative estimate of drug-likeness (QED) is 0.743. The van der Waals surface area contributed by atoms with Crippen LogP contribution in [0.1, 0.15) is 5.56 Å². The molecule has 1 saturated heterocycles. The highest BCUT2D eigenvalue weighted by Gasteiger charge is 2.27. The Morgan fingerprint density at radius 1 is 0.964 bits per heavy atom. The average molecular weight is 422 g/mol. The van der Waals surface area contributed by atoms with Crippen molar-refractivity contribution in [3.05, 3.63) is 65.2 Å². The second-order valence-corrected chi connectivity index (χ2v) is 9.16. The van der Waals surface area contributed by atoms with Crippen LogP contribution in [-0.2, 0) is 21.2 Å². The van der Waals surface area contributed by atoms with Crippen molar-refractivity contribution < 1.29 is 13.2 Å². The van der Waals surface area contributed by atoms with E-state index in [0.29, 0.717) is 31.2 Å². The van der Waals surface area contributed by atoms with Gasteiger partial charge >= 0.3 is 0 Å². The SMILES string of the molecule is O=C(Cc1ccccc1)NCCS(=O)(=O)N1CCN(c2ccccc2Cl)CC1. The van der Waals surface area contributed by atoms with E-state index in [0.717, 1.165) is 11.3 Å². The van der Waals surface area contributed by atoms with Gasteiger partial charge < -0.3 is 10.2 Å². The monoisotopic (exact) mass is 421 g/mol. The lowest BCUT2D eigenvalue weighted by atomic mass is 10.1. The van der Waals surface area contributed by atoms with Crippen molar-refractivity contribution in [2.45, 2.75) is 6.42 Å². The van der Waals surface area contributed by atoms with Gasteiger partial charge in [-0.05, 0) is 17.7 Å². The molecule has 3 rings (SSSR count). The van der Waals surface area contributed by atoms with Crippen molar-refractivity contribution in [3.8, 4) is 0 Å². The zero-order valence-corrected chi connectivity index (χ0v) is 17.1. The van der Waals surface area contributed by atoms with E-state index in [1.54, 1.807) is 0 Å². The Morgan fingerprint density at radius 2 is 1.61 bits per heavy atom. The van der Waals surface area contributed by atoms with Gasteiger partial charge in [0, 0.05) is 32.7 Å². The van der Waals surface area contributed by atoms with Crippen molar-refractivity contribution >= 4 is 33.2 Å². The number of hydrogen-bond acceptors (Lipinski definition) is 4. The Morgan fingerprint density at radius 3 is 2.29 bits per heavy atom. The number of benzene rings is 2. The van der Waals surface area contributed by atoms with Crippen LogP contribution in [0.4, 0.5) is 5.69 Å². The molecule has 150 valence electrons. The van der Waals surface area contributed by atoms with E-state index in [4.69, 9.17) is 11.6 Å². The molecule has 2 aromatic rings. The molecule has 0 atom stereocenters. The summed E-state index contributed by atoms with van der Waals surface area (Å²) >= 11 is 6.23. The van der Waals surface area contributed by atoms with Crippen molar-refractivity contribution in [1.29, 1.82) is 0 Å². The lowest BCUT2D eigenvalue weighted by Crippen LogP contribution is -2.50. The number of anilines is 1. The van der Waals surface area contributed by atoms with Crippen LogP contribution < -0.4 is 10.2 Å². The molecular formula is C20H24ClN3O3S. The number of para-hydroxylation sites is 1. The number of carbonyl (C=O) groups is 1. The number of hydrogen-bond donors (Lipinski definition) is 1. The molecular weight excluding hydrogens is 398 g/mol. The van der Waals surface area contributed by atoms with Crippen LogP contribution >= 0.6 is 11.6 Å². The van der Waals surface area contributed by atoms with E-state index in [1.807, 2.05) is 54.6 Å². The average Bonchev–Trinajstić information content (AvgIpc) is 2.69. The summed E-state index contributed by atoms with van der Waals surface area (Å²) in [6, 6.07) is 16.9. The first-order valence-corrected chi connectivity index (χ1v) is 11.2. The maximum absolute atomic E-state index is 12.6. The largest absolute Gasteiger partial charge is 0.368 e. The lowest BCUT2D eigenvalue weighted by Gasteiger charge is -2.35. The maximum atomic E-state index is 12.6. The molecule has 6 nitrogen and oxygen atoms in total. The molecule has 0 bridgehead atoms. The second-order valence-electron chi connectivity index (χ2n) is 6.67. The Hall–Kier alpha value is -2.09. The van der Waals surface area contributed by atoms with Gasteiger partial charge in [-0.1, -0.05) is 54.1 Å². The van der Waals surface area contributed by atoms with Gasteiger partial charge in [-0.25, -0.2) is 8.42 Å². The molecule has 1 fully saturated rings. The first kappa shape index (κ1) is 20.6. The summed E-state index contributed by atoms with van der Waals surface area (Å²) in [6.07, 6.45) is 0.247. The minimum Gasteiger partial charge on any atom is -0.368 e. The molecule has 0 spiro atoms. The minimum absolute atomic E-state index is 0.0976. The molecule has 0 unspecified atom stereocenters. The molecule has 1 heterocycles. The molecule has 28 heavy (non-hydrogen) atoms. The highest BCUT2D eigenvalue weighted by molar-refractivity contribution is 7.89. The van der Waals surface area contributed by atoms with Gasteiger partial charge in [0.15, 0.2) is 0 Å². The van der Waals surface area contributed by atoms with Crippen LogP contribution in [0, 0.1) is 0 Å². The van der Waals surface area contributed by atoms with E-state index < -0.39 is 10.0 Å². The van der Waals surface area contributed by atoms with Crippen molar-refractivity contribution in [1.82, 2.24) is 9.62 Å². The number of sulfonamides is 1. The molecule has 0 radical (unpaired) electrons. The zero-order chi connectivity index (χ0) is 20.0. The number of piperazine rings is 1. The summed E-state index contributed by atoms with van der Waals surface area (Å²) in [7, 11) is -3.41. The zero-order valence-electron chi connectivity index (χ0n) is 15.6. The summed E-state index contributed by atoms with van der Waals surface area (Å²) in [6.45, 7) is 2.10. The van der Waals surface area contributed by atoms with Gasteiger partial charge in [-0.3, -0.25) is 4.79 Å². The van der Waals surface area contributed by atoms with Gasteiger partial charge in [0.1, 0.15) is 0 Å². The van der Waals surface area contributed by atoms with Crippen LogP contribution in [0.25, 0.3) is 0 Å². The first-order valence-electron chi connectivity index (χ1n) is 9.23. The van der Waals surface area contributed by atoms with Crippen LogP contribution in [0.2, 0.25) is 5.02 Å². The third-order valence-electron chi connectivity index (χ3n) is 4.71. The minimum atomic E-state index is -3.41. The number of carbonyl (C=O) groups excluding carboxylic acids is 1. The fourth-order valence-electron chi connectivity index (χ4n) is 3.21. The molecule has 0 aromatic heterocycles. The smallest absolute Gasteiger partial charge is 0.224 e. The van der Waals surface area contributed by atoms with Crippen LogP contribution in [0.3, 0.4) is 0 Å². The van der Waals surface area contributed by atoms with Gasteiger partial charge in [0.25, 0.3) is 0 Å². The molecule has 1 amide bonds. The highest BCUT2D eigenvalue weighted by atomic mass is 35.5. The van der Waals surface area contributed by atoms with Crippen LogP contribution in [0.5, 0.6) is 0 Å². The van der Waals surface area contributed by atoms with E-state index in [-0.39, 0.29) is 24.6 Å². The predicted molar refractivity (Wildman–Crippen MR) is 112 cm³/mol. The standard InChI is InChI=1S/C20H24ClN3O3S/c21-18-8-4-5-9-19(18)23-11-13-24(14-12-23)28(26,27)15-10-22-20(25)16-17-6-2-1-3-7-17/h1-9H,10-16H2,(H,22,25). The molecule has 1 aliphatic rings. The van der Waals surface area contributed by atoms with Gasteiger partial charge in [-0.15, -0.1) is 0 Å². The van der Waals surface area contributed by atoms with Crippen molar-refractivity contribution in [2.24, 2.45) is 0 Å². The number of nitrogens with zero attached hydrogens (tertiary/aromatic N) is 2. The summed E-state index contributed by atoms with van der Waals surface area (Å²) in [5, 5.41) is 3.36. The van der Waals surface area contributed by atoms with Crippen molar-refractivity contribution in [2.75, 3.05) is 43.4 Å². The fourth-order valence-corrected chi connectivity index (χ4v) is 4.80. The topological polar surface area (TPSA) is 69.7 Å². The van der Waals surface area contributed by atoms with Gasteiger partial charge in [0.05, 0.1) is 22.9 Å². The summed E-state index contributed by atoms with van der Waals surface area (Å²) in [5.41, 5.74) is 1.83. The molecule has 1 N–H and O–H groups in total. The number of halogens is 1.